The molecule has 0 aromatic carbocycles. The van der Waals surface area contributed by atoms with Crippen molar-refractivity contribution in [2.75, 3.05) is 0 Å². The van der Waals surface area contributed by atoms with Crippen LogP contribution in [-0.2, 0) is 0 Å². The highest BCUT2D eigenvalue weighted by molar-refractivity contribution is 4.72. The lowest BCUT2D eigenvalue weighted by molar-refractivity contribution is -1.04. The molecular formula is C10H27N4+. The largest absolute Gasteiger partial charge is 0.148 e. The van der Waals surface area contributed by atoms with E-state index in [-0.39, 0.29) is 15.9 Å². The SMILES string of the molecule is CCC(C)(C)N[N+](N)(N)C(C)(C)CC. The first-order valence-electron chi connectivity index (χ1n) is 5.33. The second-order valence-corrected chi connectivity index (χ2v) is 5.29. The van der Waals surface area contributed by atoms with Crippen molar-refractivity contribution in [2.24, 2.45) is 11.7 Å². The van der Waals surface area contributed by atoms with E-state index in [1.54, 1.807) is 0 Å². The van der Waals surface area contributed by atoms with Gasteiger partial charge in [-0.1, -0.05) is 18.7 Å². The summed E-state index contributed by atoms with van der Waals surface area (Å²) in [7, 11) is 0. The van der Waals surface area contributed by atoms with Crippen molar-refractivity contribution in [1.29, 1.82) is 0 Å². The van der Waals surface area contributed by atoms with Gasteiger partial charge in [0, 0.05) is 6.42 Å². The van der Waals surface area contributed by atoms with Gasteiger partial charge in [-0.2, -0.15) is 0 Å². The summed E-state index contributed by atoms with van der Waals surface area (Å²) in [6.45, 7) is 12.5. The maximum absolute atomic E-state index is 6.07. The molecule has 0 fully saturated rings. The molecule has 0 aromatic rings. The molecule has 0 saturated carbocycles. The first kappa shape index (κ1) is 13.8. The number of nitrogens with zero attached hydrogens (tertiary/aromatic N) is 1. The average molecular weight is 203 g/mol. The van der Waals surface area contributed by atoms with E-state index in [1.807, 2.05) is 0 Å². The number of hydrogen-bond acceptors (Lipinski definition) is 3. The monoisotopic (exact) mass is 203 g/mol. The maximum Gasteiger partial charge on any atom is 0.148 e. The van der Waals surface area contributed by atoms with Crippen LogP contribution < -0.4 is 17.1 Å². The normalized spacial score (nSPS) is 14.6. The molecule has 0 amide bonds. The van der Waals surface area contributed by atoms with Crippen molar-refractivity contribution < 1.29 is 4.81 Å². The Hall–Kier alpha value is -0.160. The Kier molecular flexibility index (Phi) is 4.10. The molecular weight excluding hydrogens is 176 g/mol. The van der Waals surface area contributed by atoms with Gasteiger partial charge in [0.2, 0.25) is 0 Å². The molecule has 0 aliphatic heterocycles. The molecule has 5 N–H and O–H groups in total. The fraction of sp³-hybridized carbons (Fsp3) is 1.00. The minimum atomic E-state index is -0.174. The van der Waals surface area contributed by atoms with Gasteiger partial charge in [0.25, 0.3) is 0 Å². The standard InChI is InChI=1S/C10H27N4/c1-7-9(3,4)13-14(11,12)10(5,6)8-2/h13H,7-8,11-12H2,1-6H3/q+1. The predicted octanol–water partition coefficient (Wildman–Crippen LogP) is 1.43. The van der Waals surface area contributed by atoms with Crippen LogP contribution in [0.5, 0.6) is 0 Å². The van der Waals surface area contributed by atoms with E-state index in [4.69, 9.17) is 11.7 Å². The van der Waals surface area contributed by atoms with Gasteiger partial charge in [-0.05, 0) is 34.1 Å². The summed E-state index contributed by atoms with van der Waals surface area (Å²) in [5.74, 6) is 12.1. The zero-order chi connectivity index (χ0) is 11.6. The molecule has 0 radical (unpaired) electrons. The molecule has 0 unspecified atom stereocenters. The van der Waals surface area contributed by atoms with E-state index in [0.717, 1.165) is 12.8 Å². The predicted molar refractivity (Wildman–Crippen MR) is 60.5 cm³/mol. The zero-order valence-corrected chi connectivity index (χ0v) is 10.5. The Bertz CT molecular complexity index is 185. The van der Waals surface area contributed by atoms with Gasteiger partial charge in [-0.15, -0.1) is 17.1 Å². The summed E-state index contributed by atoms with van der Waals surface area (Å²) in [6.07, 6.45) is 1.91. The smallest absolute Gasteiger partial charge is 0.141 e. The summed E-state index contributed by atoms with van der Waals surface area (Å²) in [5, 5.41) is 0. The summed E-state index contributed by atoms with van der Waals surface area (Å²) < 4.78 is 0. The van der Waals surface area contributed by atoms with Crippen molar-refractivity contribution in [1.82, 2.24) is 5.43 Å². The molecule has 0 rings (SSSR count). The maximum atomic E-state index is 6.07. The van der Waals surface area contributed by atoms with E-state index in [0.29, 0.717) is 0 Å². The molecule has 4 nitrogen and oxygen atoms in total. The van der Waals surface area contributed by atoms with Gasteiger partial charge in [-0.3, -0.25) is 0 Å². The third-order valence-corrected chi connectivity index (χ3v) is 3.24. The Morgan fingerprint density at radius 3 is 1.71 bits per heavy atom. The van der Waals surface area contributed by atoms with Crippen LogP contribution in [0.1, 0.15) is 54.4 Å². The van der Waals surface area contributed by atoms with Crippen molar-refractivity contribution in [3.05, 3.63) is 0 Å². The Morgan fingerprint density at radius 1 is 1.00 bits per heavy atom. The quantitative estimate of drug-likeness (QED) is 0.360. The van der Waals surface area contributed by atoms with Gasteiger partial charge < -0.3 is 0 Å². The van der Waals surface area contributed by atoms with Crippen LogP contribution in [0.3, 0.4) is 0 Å². The summed E-state index contributed by atoms with van der Waals surface area (Å²) in [4.78, 5) is -0.135. The van der Waals surface area contributed by atoms with E-state index in [2.05, 4.69) is 47.0 Å². The Balaban J connectivity index is 4.64. The molecule has 0 aliphatic rings. The van der Waals surface area contributed by atoms with E-state index < -0.39 is 0 Å². The summed E-state index contributed by atoms with van der Waals surface area (Å²) >= 11 is 0. The van der Waals surface area contributed by atoms with Crippen LogP contribution in [0.4, 0.5) is 0 Å². The molecule has 0 saturated heterocycles. The lowest BCUT2D eigenvalue weighted by atomic mass is 10.00. The van der Waals surface area contributed by atoms with Crippen molar-refractivity contribution in [3.63, 3.8) is 0 Å². The number of quaternary nitrogens is 1. The van der Waals surface area contributed by atoms with Crippen LogP contribution in [-0.4, -0.2) is 15.9 Å². The third-order valence-electron chi connectivity index (χ3n) is 3.24. The van der Waals surface area contributed by atoms with Gasteiger partial charge in [0.1, 0.15) is 5.54 Å². The van der Waals surface area contributed by atoms with E-state index in [9.17, 15) is 0 Å². The average Bonchev–Trinajstić information content (AvgIpc) is 2.02. The molecule has 86 valence electrons. The Labute approximate surface area is 88.1 Å². The molecule has 0 spiro atoms. The molecule has 0 heterocycles. The number of nitrogens with two attached hydrogens (primary N) is 2. The van der Waals surface area contributed by atoms with Crippen molar-refractivity contribution in [3.8, 4) is 0 Å². The minimum absolute atomic E-state index is 0.0457. The van der Waals surface area contributed by atoms with Crippen molar-refractivity contribution >= 4 is 0 Å². The van der Waals surface area contributed by atoms with Gasteiger partial charge in [0.05, 0.1) is 5.54 Å². The third kappa shape index (κ3) is 3.20. The number of rotatable bonds is 5. The highest BCUT2D eigenvalue weighted by Gasteiger charge is 2.41. The first-order chi connectivity index (χ1) is 6.08. The summed E-state index contributed by atoms with van der Waals surface area (Å²) in [6, 6.07) is 0. The Morgan fingerprint density at radius 2 is 1.43 bits per heavy atom. The highest BCUT2D eigenvalue weighted by Crippen LogP contribution is 2.20. The van der Waals surface area contributed by atoms with Gasteiger partial charge in [-0.25, -0.2) is 0 Å². The molecule has 0 bridgehead atoms. The van der Waals surface area contributed by atoms with Crippen LogP contribution in [0.25, 0.3) is 0 Å². The second-order valence-electron chi connectivity index (χ2n) is 5.29. The molecule has 14 heavy (non-hydrogen) atoms. The number of hydrogen-bond donors (Lipinski definition) is 3. The van der Waals surface area contributed by atoms with E-state index >= 15 is 0 Å². The second kappa shape index (κ2) is 4.14. The van der Waals surface area contributed by atoms with Crippen LogP contribution in [0.15, 0.2) is 0 Å². The number of nitrogens with one attached hydrogen (secondary N) is 1. The highest BCUT2D eigenvalue weighted by atomic mass is 16.0. The van der Waals surface area contributed by atoms with Crippen LogP contribution >= 0.6 is 0 Å². The zero-order valence-electron chi connectivity index (χ0n) is 10.5. The molecule has 0 atom stereocenters. The fourth-order valence-corrected chi connectivity index (χ4v) is 0.993. The first-order valence-corrected chi connectivity index (χ1v) is 5.33. The van der Waals surface area contributed by atoms with E-state index in [1.165, 1.54) is 0 Å². The topological polar surface area (TPSA) is 64.1 Å². The van der Waals surface area contributed by atoms with Crippen LogP contribution in [0, 0.1) is 0 Å². The molecule has 4 heteroatoms. The van der Waals surface area contributed by atoms with Gasteiger partial charge >= 0.3 is 0 Å². The molecule has 0 aliphatic carbocycles. The fourth-order valence-electron chi connectivity index (χ4n) is 0.993. The lowest BCUT2D eigenvalue weighted by Gasteiger charge is -2.44. The summed E-state index contributed by atoms with van der Waals surface area (Å²) in [5.41, 5.74) is 3.05. The van der Waals surface area contributed by atoms with Gasteiger partial charge in [0.15, 0.2) is 0 Å². The molecule has 0 aromatic heterocycles. The van der Waals surface area contributed by atoms with Crippen molar-refractivity contribution in [2.45, 2.75) is 65.5 Å². The minimum Gasteiger partial charge on any atom is -0.141 e. The lowest BCUT2D eigenvalue weighted by Crippen LogP contribution is -2.80. The van der Waals surface area contributed by atoms with Crippen LogP contribution in [0.2, 0.25) is 0 Å².